The molecule has 3 heterocycles. The molecule has 11 nitrogen and oxygen atoms in total. The Labute approximate surface area is 271 Å². The van der Waals surface area contributed by atoms with Crippen molar-refractivity contribution >= 4 is 11.2 Å². The summed E-state index contributed by atoms with van der Waals surface area (Å²) in [6.07, 6.45) is 4.65. The second-order valence-electron chi connectivity index (χ2n) is 12.3. The molecular weight excluding hydrogens is 592 g/mol. The van der Waals surface area contributed by atoms with Crippen LogP contribution in [-0.4, -0.2) is 46.4 Å². The minimum Gasteiger partial charge on any atom is -0.361 e. The van der Waals surface area contributed by atoms with E-state index in [1.165, 1.54) is 18.1 Å². The fraction of sp³-hybridized carbons (Fsp3) is 0.333. The van der Waals surface area contributed by atoms with Gasteiger partial charge in [0.05, 0.1) is 6.04 Å². The van der Waals surface area contributed by atoms with Crippen molar-refractivity contribution < 1.29 is 4.74 Å². The van der Waals surface area contributed by atoms with E-state index in [-0.39, 0.29) is 12.0 Å². The van der Waals surface area contributed by atoms with Crippen molar-refractivity contribution in [2.45, 2.75) is 70.7 Å². The Balaban J connectivity index is 1.39. The van der Waals surface area contributed by atoms with Gasteiger partial charge >= 0.3 is 5.69 Å². The van der Waals surface area contributed by atoms with Gasteiger partial charge in [0.2, 0.25) is 0 Å². The van der Waals surface area contributed by atoms with Gasteiger partial charge in [-0.1, -0.05) is 98.1 Å². The van der Waals surface area contributed by atoms with Gasteiger partial charge in [0.25, 0.3) is 5.56 Å². The summed E-state index contributed by atoms with van der Waals surface area (Å²) in [7, 11) is 1.51. The van der Waals surface area contributed by atoms with Gasteiger partial charge in [0.15, 0.2) is 17.0 Å². The molecule has 3 aromatic carbocycles. The number of H-pyrrole nitrogens is 1. The van der Waals surface area contributed by atoms with Gasteiger partial charge in [-0.05, 0) is 59.4 Å². The van der Waals surface area contributed by atoms with Crippen molar-refractivity contribution in [3.8, 4) is 22.5 Å². The lowest BCUT2D eigenvalue weighted by molar-refractivity contribution is 0.0528. The van der Waals surface area contributed by atoms with E-state index in [4.69, 9.17) is 9.72 Å². The molecule has 1 saturated carbocycles. The Morgan fingerprint density at radius 3 is 2.26 bits per heavy atom. The van der Waals surface area contributed by atoms with Crippen LogP contribution in [-0.2, 0) is 11.3 Å². The van der Waals surface area contributed by atoms with Crippen LogP contribution in [0.2, 0.25) is 0 Å². The Morgan fingerprint density at radius 1 is 0.872 bits per heavy atom. The summed E-state index contributed by atoms with van der Waals surface area (Å²) >= 11 is 0. The molecule has 1 aliphatic carbocycles. The number of fused-ring (bicyclic) bond motifs is 1. The first-order chi connectivity index (χ1) is 23.0. The summed E-state index contributed by atoms with van der Waals surface area (Å²) in [5, 5.41) is 14.5. The second-order valence-corrected chi connectivity index (χ2v) is 12.3. The van der Waals surface area contributed by atoms with Gasteiger partial charge in [-0.25, -0.2) is 19.4 Å². The van der Waals surface area contributed by atoms with Gasteiger partial charge < -0.3 is 9.30 Å². The molecule has 47 heavy (non-hydrogen) atoms. The molecule has 2 unspecified atom stereocenters. The van der Waals surface area contributed by atoms with E-state index in [9.17, 15) is 9.59 Å². The predicted molar refractivity (Wildman–Crippen MR) is 180 cm³/mol. The summed E-state index contributed by atoms with van der Waals surface area (Å²) in [6, 6.07) is 25.8. The number of rotatable bonds is 9. The maximum Gasteiger partial charge on any atom is 0.335 e. The number of hydrogen-bond donors (Lipinski definition) is 1. The van der Waals surface area contributed by atoms with Crippen LogP contribution < -0.4 is 11.2 Å². The number of hydrogen-bond acceptors (Lipinski definition) is 7. The first kappa shape index (κ1) is 30.5. The van der Waals surface area contributed by atoms with Gasteiger partial charge in [-0.15, -0.1) is 5.10 Å². The zero-order chi connectivity index (χ0) is 32.5. The van der Waals surface area contributed by atoms with Crippen LogP contribution in [0.5, 0.6) is 0 Å². The molecular formula is C36H38N8O3. The SMILES string of the molecule is COC(C)n1c(=O)c2c(nc(C3CCCCC3)n2Cc2ccc(-c3ccccc3-c3nnn[nH]3)cc2)n(C(C)c2ccccc2)c1=O. The molecule has 0 radical (unpaired) electrons. The first-order valence-electron chi connectivity index (χ1n) is 16.2. The number of aromatic amines is 1. The molecule has 0 aliphatic heterocycles. The van der Waals surface area contributed by atoms with Crippen molar-refractivity contribution in [2.75, 3.05) is 7.11 Å². The number of imidazole rings is 1. The lowest BCUT2D eigenvalue weighted by Crippen LogP contribution is -2.43. The standard InChI is InChI=1S/C36H38N8O3/c1-23(26-12-6-4-7-13-26)43-34-31(35(45)44(36(43)46)24(2)47-3)42(33(37-34)28-14-8-5-9-15-28)22-25-18-20-27(21-19-25)29-16-10-11-17-30(29)32-38-40-41-39-32/h4,6-7,10-13,16-21,23-24,28H,5,8-9,14-15,22H2,1-3H3,(H,38,39,40,41). The molecule has 1 aliphatic rings. The number of ether oxygens (including phenoxy) is 1. The van der Waals surface area contributed by atoms with E-state index in [0.717, 1.165) is 59.3 Å². The number of nitrogens with zero attached hydrogens (tertiary/aromatic N) is 7. The van der Waals surface area contributed by atoms with Gasteiger partial charge in [0, 0.05) is 25.1 Å². The van der Waals surface area contributed by atoms with Crippen LogP contribution in [0.15, 0.2) is 88.5 Å². The van der Waals surface area contributed by atoms with E-state index in [2.05, 4.69) is 49.5 Å². The maximum atomic E-state index is 14.3. The number of nitrogens with one attached hydrogen (secondary N) is 1. The summed E-state index contributed by atoms with van der Waals surface area (Å²) in [5.74, 6) is 1.66. The average molecular weight is 631 g/mol. The molecule has 1 fully saturated rings. The number of tetrazole rings is 1. The highest BCUT2D eigenvalue weighted by Gasteiger charge is 2.30. The zero-order valence-corrected chi connectivity index (χ0v) is 26.8. The Bertz CT molecular complexity index is 2110. The molecule has 0 saturated heterocycles. The topological polar surface area (TPSA) is 126 Å². The van der Waals surface area contributed by atoms with Gasteiger partial charge in [0.1, 0.15) is 12.1 Å². The van der Waals surface area contributed by atoms with E-state index < -0.39 is 17.5 Å². The Morgan fingerprint density at radius 2 is 1.57 bits per heavy atom. The third-order valence-electron chi connectivity index (χ3n) is 9.52. The second kappa shape index (κ2) is 12.9. The van der Waals surface area contributed by atoms with Crippen molar-refractivity contribution in [2.24, 2.45) is 0 Å². The fourth-order valence-electron chi connectivity index (χ4n) is 6.92. The molecule has 2 atom stereocenters. The number of benzene rings is 3. The van der Waals surface area contributed by atoms with Crippen molar-refractivity contribution in [1.82, 2.24) is 39.3 Å². The minimum atomic E-state index is -0.756. The third kappa shape index (κ3) is 5.61. The fourth-order valence-corrected chi connectivity index (χ4v) is 6.92. The van der Waals surface area contributed by atoms with Crippen LogP contribution in [0.3, 0.4) is 0 Å². The highest BCUT2D eigenvalue weighted by Crippen LogP contribution is 2.35. The van der Waals surface area contributed by atoms with Crippen molar-refractivity contribution in [3.63, 3.8) is 0 Å². The number of aromatic nitrogens is 8. The molecule has 0 bridgehead atoms. The Kier molecular flexibility index (Phi) is 8.38. The van der Waals surface area contributed by atoms with Gasteiger partial charge in [-0.3, -0.25) is 9.36 Å². The van der Waals surface area contributed by atoms with Crippen LogP contribution in [0.4, 0.5) is 0 Å². The predicted octanol–water partition coefficient (Wildman–Crippen LogP) is 6.08. The summed E-state index contributed by atoms with van der Waals surface area (Å²) in [6.45, 7) is 4.14. The van der Waals surface area contributed by atoms with Gasteiger partial charge in [-0.2, -0.15) is 0 Å². The highest BCUT2D eigenvalue weighted by molar-refractivity contribution is 5.80. The number of methoxy groups -OCH3 is 1. The maximum absolute atomic E-state index is 14.3. The molecule has 11 heteroatoms. The quantitative estimate of drug-likeness (QED) is 0.205. The van der Waals surface area contributed by atoms with E-state index in [0.29, 0.717) is 23.5 Å². The zero-order valence-electron chi connectivity index (χ0n) is 26.8. The highest BCUT2D eigenvalue weighted by atomic mass is 16.5. The average Bonchev–Trinajstić information content (AvgIpc) is 3.78. The smallest absolute Gasteiger partial charge is 0.335 e. The van der Waals surface area contributed by atoms with Crippen LogP contribution in [0.1, 0.15) is 81.1 Å². The minimum absolute atomic E-state index is 0.195. The molecule has 3 aromatic heterocycles. The molecule has 6 aromatic rings. The van der Waals surface area contributed by atoms with E-state index in [1.807, 2.05) is 61.5 Å². The largest absolute Gasteiger partial charge is 0.361 e. The lowest BCUT2D eigenvalue weighted by Gasteiger charge is -2.22. The summed E-state index contributed by atoms with van der Waals surface area (Å²) < 4.78 is 10.5. The molecule has 0 amide bonds. The van der Waals surface area contributed by atoms with E-state index in [1.54, 1.807) is 11.5 Å². The monoisotopic (exact) mass is 630 g/mol. The Hall–Kier alpha value is -5.16. The molecule has 7 rings (SSSR count). The van der Waals surface area contributed by atoms with Crippen LogP contribution in [0, 0.1) is 0 Å². The molecule has 1 N–H and O–H groups in total. The van der Waals surface area contributed by atoms with Crippen molar-refractivity contribution in [3.05, 3.63) is 117 Å². The summed E-state index contributed by atoms with van der Waals surface area (Å²) in [5.41, 5.74) is 4.92. The normalized spacial score (nSPS) is 15.2. The van der Waals surface area contributed by atoms with E-state index >= 15 is 0 Å². The summed E-state index contributed by atoms with van der Waals surface area (Å²) in [4.78, 5) is 33.7. The van der Waals surface area contributed by atoms with Crippen LogP contribution in [0.25, 0.3) is 33.7 Å². The molecule has 240 valence electrons. The van der Waals surface area contributed by atoms with Crippen molar-refractivity contribution in [1.29, 1.82) is 0 Å². The van der Waals surface area contributed by atoms with Crippen LogP contribution >= 0.6 is 0 Å². The third-order valence-corrected chi connectivity index (χ3v) is 9.52. The first-order valence-corrected chi connectivity index (χ1v) is 16.2. The molecule has 0 spiro atoms. The lowest BCUT2D eigenvalue weighted by atomic mass is 9.88.